The molecule has 1 aliphatic carbocycles. The molecule has 1 saturated carbocycles. The molecule has 17 heavy (non-hydrogen) atoms. The minimum Gasteiger partial charge on any atom is -0.298 e. The lowest BCUT2D eigenvalue weighted by Crippen LogP contribution is -2.38. The van der Waals surface area contributed by atoms with Crippen LogP contribution in [0.4, 0.5) is 0 Å². The lowest BCUT2D eigenvalue weighted by atomic mass is 9.78. The molecule has 1 saturated heterocycles. The van der Waals surface area contributed by atoms with Gasteiger partial charge in [-0.15, -0.1) is 0 Å². The van der Waals surface area contributed by atoms with Gasteiger partial charge in [0.05, 0.1) is 6.54 Å². The van der Waals surface area contributed by atoms with Gasteiger partial charge in [0.2, 0.25) is 0 Å². The second-order valence-electron chi connectivity index (χ2n) is 5.39. The summed E-state index contributed by atoms with van der Waals surface area (Å²) in [5.41, 5.74) is 1.33. The Morgan fingerprint density at radius 3 is 2.59 bits per heavy atom. The molecule has 2 fully saturated rings. The number of rotatable bonds is 3. The number of hydrogen-bond donors (Lipinski definition) is 0. The Morgan fingerprint density at radius 1 is 1.18 bits per heavy atom. The molecule has 0 spiro atoms. The third-order valence-electron chi connectivity index (χ3n) is 4.21. The lowest BCUT2D eigenvalue weighted by molar-refractivity contribution is -0.117. The molecule has 2 aliphatic rings. The number of nitrogens with zero attached hydrogens (tertiary/aromatic N) is 1. The molecule has 0 aromatic heterocycles. The summed E-state index contributed by atoms with van der Waals surface area (Å²) >= 11 is 0. The zero-order chi connectivity index (χ0) is 11.7. The standard InChI is InChI=1S/C15H19NO/c17-14-9-15(13-7-4-8-13)16(11-14)10-12-5-2-1-3-6-12/h1-3,5-6,13,15H,4,7-11H2. The number of benzene rings is 1. The van der Waals surface area contributed by atoms with Gasteiger partial charge in [0, 0.05) is 19.0 Å². The fourth-order valence-electron chi connectivity index (χ4n) is 3.05. The molecule has 0 amide bonds. The van der Waals surface area contributed by atoms with Crippen molar-refractivity contribution in [2.45, 2.75) is 38.3 Å². The first kappa shape index (κ1) is 11.0. The minimum absolute atomic E-state index is 0.429. The van der Waals surface area contributed by atoms with E-state index in [1.165, 1.54) is 24.8 Å². The quantitative estimate of drug-likeness (QED) is 0.794. The summed E-state index contributed by atoms with van der Waals surface area (Å²) in [6.45, 7) is 1.60. The number of Topliss-reactive ketones (excluding diaryl/α,β-unsaturated/α-hetero) is 1. The van der Waals surface area contributed by atoms with Gasteiger partial charge in [-0.05, 0) is 24.3 Å². The van der Waals surface area contributed by atoms with Crippen LogP contribution in [-0.4, -0.2) is 23.3 Å². The van der Waals surface area contributed by atoms with Crippen molar-refractivity contribution in [3.8, 4) is 0 Å². The van der Waals surface area contributed by atoms with Crippen molar-refractivity contribution in [3.05, 3.63) is 35.9 Å². The third-order valence-corrected chi connectivity index (χ3v) is 4.21. The predicted octanol–water partition coefficient (Wildman–Crippen LogP) is 2.63. The topological polar surface area (TPSA) is 20.3 Å². The SMILES string of the molecule is O=C1CC(C2CCC2)N(Cc2ccccc2)C1. The van der Waals surface area contributed by atoms with Crippen molar-refractivity contribution >= 4 is 5.78 Å². The molecule has 0 radical (unpaired) electrons. The first-order valence-corrected chi connectivity index (χ1v) is 6.62. The van der Waals surface area contributed by atoms with Crippen LogP contribution in [-0.2, 0) is 11.3 Å². The molecule has 1 heterocycles. The summed E-state index contributed by atoms with van der Waals surface area (Å²) in [6, 6.07) is 11.0. The molecule has 0 N–H and O–H groups in total. The van der Waals surface area contributed by atoms with Gasteiger partial charge < -0.3 is 0 Å². The zero-order valence-corrected chi connectivity index (χ0v) is 10.1. The van der Waals surface area contributed by atoms with Crippen LogP contribution >= 0.6 is 0 Å². The first-order valence-electron chi connectivity index (χ1n) is 6.62. The summed E-state index contributed by atoms with van der Waals surface area (Å²) in [5.74, 6) is 1.21. The number of carbonyl (C=O) groups excluding carboxylic acids is 1. The van der Waals surface area contributed by atoms with Gasteiger partial charge >= 0.3 is 0 Å². The molecule has 1 aliphatic heterocycles. The molecule has 1 atom stereocenters. The van der Waals surface area contributed by atoms with E-state index >= 15 is 0 Å². The van der Waals surface area contributed by atoms with E-state index in [0.29, 0.717) is 18.4 Å². The van der Waals surface area contributed by atoms with Gasteiger partial charge in [-0.1, -0.05) is 36.8 Å². The summed E-state index contributed by atoms with van der Waals surface area (Å²) in [7, 11) is 0. The second kappa shape index (κ2) is 4.61. The van der Waals surface area contributed by atoms with E-state index in [4.69, 9.17) is 0 Å². The first-order chi connectivity index (χ1) is 8.33. The van der Waals surface area contributed by atoms with Crippen LogP contribution in [0.1, 0.15) is 31.2 Å². The van der Waals surface area contributed by atoms with Gasteiger partial charge in [-0.3, -0.25) is 9.69 Å². The van der Waals surface area contributed by atoms with Crippen molar-refractivity contribution in [3.63, 3.8) is 0 Å². The van der Waals surface area contributed by atoms with Gasteiger partial charge in [-0.25, -0.2) is 0 Å². The highest BCUT2D eigenvalue weighted by atomic mass is 16.1. The highest BCUT2D eigenvalue weighted by Crippen LogP contribution is 2.36. The fourth-order valence-corrected chi connectivity index (χ4v) is 3.05. The van der Waals surface area contributed by atoms with Gasteiger partial charge in [0.15, 0.2) is 0 Å². The molecule has 0 bridgehead atoms. The van der Waals surface area contributed by atoms with E-state index in [9.17, 15) is 4.79 Å². The summed E-state index contributed by atoms with van der Waals surface area (Å²) in [6.07, 6.45) is 4.79. The van der Waals surface area contributed by atoms with E-state index < -0.39 is 0 Å². The van der Waals surface area contributed by atoms with Gasteiger partial charge in [-0.2, -0.15) is 0 Å². The Morgan fingerprint density at radius 2 is 1.94 bits per heavy atom. The van der Waals surface area contributed by atoms with Crippen LogP contribution in [0.3, 0.4) is 0 Å². The molecule has 1 unspecified atom stereocenters. The van der Waals surface area contributed by atoms with E-state index in [2.05, 4.69) is 29.2 Å². The van der Waals surface area contributed by atoms with Crippen molar-refractivity contribution in [2.75, 3.05) is 6.54 Å². The Labute approximate surface area is 103 Å². The fraction of sp³-hybridized carbons (Fsp3) is 0.533. The Bertz CT molecular complexity index is 397. The zero-order valence-electron chi connectivity index (χ0n) is 10.1. The average molecular weight is 229 g/mol. The van der Waals surface area contributed by atoms with Crippen molar-refractivity contribution in [1.82, 2.24) is 4.90 Å². The van der Waals surface area contributed by atoms with E-state index in [0.717, 1.165) is 18.9 Å². The van der Waals surface area contributed by atoms with Gasteiger partial charge in [0.1, 0.15) is 5.78 Å². The second-order valence-corrected chi connectivity index (χ2v) is 5.39. The summed E-state index contributed by atoms with van der Waals surface area (Å²) in [5, 5.41) is 0. The normalized spacial score (nSPS) is 26.1. The van der Waals surface area contributed by atoms with Crippen LogP contribution < -0.4 is 0 Å². The summed E-state index contributed by atoms with van der Waals surface area (Å²) in [4.78, 5) is 14.0. The van der Waals surface area contributed by atoms with E-state index in [-0.39, 0.29) is 0 Å². The van der Waals surface area contributed by atoms with Crippen molar-refractivity contribution < 1.29 is 4.79 Å². The van der Waals surface area contributed by atoms with Crippen LogP contribution in [0.25, 0.3) is 0 Å². The van der Waals surface area contributed by atoms with Crippen LogP contribution in [0.2, 0.25) is 0 Å². The van der Waals surface area contributed by atoms with Crippen LogP contribution in [0, 0.1) is 5.92 Å². The molecule has 1 aromatic carbocycles. The monoisotopic (exact) mass is 229 g/mol. The van der Waals surface area contributed by atoms with Gasteiger partial charge in [0.25, 0.3) is 0 Å². The Hall–Kier alpha value is -1.15. The van der Waals surface area contributed by atoms with Crippen molar-refractivity contribution in [1.29, 1.82) is 0 Å². The van der Waals surface area contributed by atoms with Crippen molar-refractivity contribution in [2.24, 2.45) is 5.92 Å². The molecule has 2 heteroatoms. The largest absolute Gasteiger partial charge is 0.298 e. The highest BCUT2D eigenvalue weighted by Gasteiger charge is 2.38. The number of ketones is 1. The van der Waals surface area contributed by atoms with E-state index in [1.807, 2.05) is 6.07 Å². The summed E-state index contributed by atoms with van der Waals surface area (Å²) < 4.78 is 0. The third kappa shape index (κ3) is 2.27. The number of carbonyl (C=O) groups is 1. The highest BCUT2D eigenvalue weighted by molar-refractivity contribution is 5.83. The molecule has 1 aromatic rings. The Kier molecular flexibility index (Phi) is 2.98. The lowest BCUT2D eigenvalue weighted by Gasteiger charge is -2.36. The molecule has 2 nitrogen and oxygen atoms in total. The molecular weight excluding hydrogens is 210 g/mol. The molecule has 3 rings (SSSR count). The maximum atomic E-state index is 11.7. The predicted molar refractivity (Wildman–Crippen MR) is 67.6 cm³/mol. The maximum absolute atomic E-state index is 11.7. The van der Waals surface area contributed by atoms with Crippen LogP contribution in [0.15, 0.2) is 30.3 Å². The van der Waals surface area contributed by atoms with E-state index in [1.54, 1.807) is 0 Å². The average Bonchev–Trinajstić information content (AvgIpc) is 2.59. The number of likely N-dealkylation sites (tertiary alicyclic amines) is 1. The molecular formula is C15H19NO. The maximum Gasteiger partial charge on any atom is 0.148 e. The van der Waals surface area contributed by atoms with Crippen LogP contribution in [0.5, 0.6) is 0 Å². The molecule has 90 valence electrons. The smallest absolute Gasteiger partial charge is 0.148 e. The number of hydrogen-bond acceptors (Lipinski definition) is 2. The minimum atomic E-state index is 0.429. The Balaban J connectivity index is 1.70.